The molecule has 0 unspecified atom stereocenters. The zero-order valence-corrected chi connectivity index (χ0v) is 63.3. The first-order valence-electron chi connectivity index (χ1n) is 30.7. The number of aliphatic hydroxyl groups is 1. The molecule has 0 fully saturated rings. The van der Waals surface area contributed by atoms with Crippen molar-refractivity contribution >= 4 is 40.4 Å². The third-order valence-corrected chi connectivity index (χ3v) is 16.3. The van der Waals surface area contributed by atoms with Crippen LogP contribution in [-0.4, -0.2) is 58.0 Å². The van der Waals surface area contributed by atoms with Crippen LogP contribution in [0.3, 0.4) is 0 Å². The Morgan fingerprint density at radius 2 is 0.782 bits per heavy atom. The van der Waals surface area contributed by atoms with E-state index in [0.717, 1.165) is 66.2 Å². The molecule has 0 aliphatic heterocycles. The number of carbonyl (C=O) groups excluding carboxylic acids is 1. The van der Waals surface area contributed by atoms with E-state index < -0.39 is 11.9 Å². The summed E-state index contributed by atoms with van der Waals surface area (Å²) in [6.07, 6.45) is 4.06. The summed E-state index contributed by atoms with van der Waals surface area (Å²) in [5, 5.41) is 27.1. The number of carboxylic acids is 2. The van der Waals surface area contributed by atoms with Crippen LogP contribution in [0.5, 0.6) is 0 Å². The van der Waals surface area contributed by atoms with Crippen LogP contribution in [0.4, 0.5) is 0 Å². The summed E-state index contributed by atoms with van der Waals surface area (Å²) < 4.78 is 6.11. The molecule has 9 aromatic carbocycles. The van der Waals surface area contributed by atoms with Crippen molar-refractivity contribution in [2.75, 3.05) is 0 Å². The molecule has 0 saturated carbocycles. The number of aromatic carboxylic acids is 2. The van der Waals surface area contributed by atoms with Crippen LogP contribution in [-0.2, 0) is 67.0 Å². The normalized spacial score (nSPS) is 10.0. The minimum atomic E-state index is -0.990. The van der Waals surface area contributed by atoms with Crippen molar-refractivity contribution in [2.45, 2.75) is 42.0 Å². The van der Waals surface area contributed by atoms with Crippen LogP contribution in [0, 0.1) is 39.0 Å². The smallest absolute Gasteiger partial charge is 0.354 e. The Morgan fingerprint density at radius 3 is 1.13 bits per heavy atom. The number of aliphatic hydroxyl groups excluding tert-OH is 1. The molecule has 0 amide bonds. The number of ketones is 1. The third kappa shape index (κ3) is 24.1. The molecule has 17 heteroatoms. The minimum Gasteiger partial charge on any atom is -0.512 e. The molecule has 0 spiro atoms. The number of benzene rings is 9. The Hall–Kier alpha value is -10.1. The number of hydrogen-bond acceptors (Lipinski definition) is 12. The number of carboxylic acid groups (broad SMARTS) is 2. The van der Waals surface area contributed by atoms with Crippen LogP contribution in [0.1, 0.15) is 58.9 Å². The Kier molecular flexibility index (Phi) is 34.0. The number of carbonyl (C=O) groups is 3. The minimum absolute atomic E-state index is 0. The Balaban J connectivity index is 0.000000230. The van der Waals surface area contributed by atoms with E-state index in [4.69, 9.17) is 34.7 Å². The molecule has 101 heavy (non-hydrogen) atoms. The summed E-state index contributed by atoms with van der Waals surface area (Å²) in [6.45, 7) is 9.34. The van der Waals surface area contributed by atoms with E-state index in [-0.39, 0.29) is 92.6 Å². The van der Waals surface area contributed by atoms with Crippen molar-refractivity contribution in [3.63, 3.8) is 0 Å². The molecule has 0 atom stereocenters. The maximum atomic E-state index is 10.1. The van der Waals surface area contributed by atoms with E-state index in [1.54, 1.807) is 46.9 Å². The van der Waals surface area contributed by atoms with Gasteiger partial charge in [-0.3, -0.25) is 19.7 Å². The summed E-state index contributed by atoms with van der Waals surface area (Å²) in [5.74, 6) is -0.651. The largest absolute Gasteiger partial charge is 0.512 e. The second kappa shape index (κ2) is 42.1. The van der Waals surface area contributed by atoms with Gasteiger partial charge in [0.2, 0.25) is 5.89 Å². The average molecular weight is 1910 g/mol. The van der Waals surface area contributed by atoms with Crippen molar-refractivity contribution in [1.29, 1.82) is 0 Å². The molecule has 0 bridgehead atoms. The third-order valence-electron chi connectivity index (χ3n) is 14.0. The molecule has 5 aromatic heterocycles. The maximum Gasteiger partial charge on any atom is 0.354 e. The Morgan fingerprint density at radius 1 is 0.426 bits per heavy atom. The van der Waals surface area contributed by atoms with Gasteiger partial charge in [0.15, 0.2) is 5.78 Å². The molecular weight excluding hydrogens is 1840 g/mol. The summed E-state index contributed by atoms with van der Waals surface area (Å²) in [4.78, 5) is 54.5. The fourth-order valence-corrected chi connectivity index (χ4v) is 12.1. The predicted molar refractivity (Wildman–Crippen MR) is 397 cm³/mol. The number of allylic oxidation sites excluding steroid dienone is 2. The van der Waals surface area contributed by atoms with Crippen molar-refractivity contribution < 1.29 is 96.4 Å². The summed E-state index contributed by atoms with van der Waals surface area (Å²) in [7, 11) is 0. The van der Waals surface area contributed by atoms with Crippen LogP contribution in [0.25, 0.3) is 98.6 Å². The van der Waals surface area contributed by atoms with E-state index in [9.17, 15) is 14.4 Å². The second-order valence-electron chi connectivity index (χ2n) is 21.5. The van der Waals surface area contributed by atoms with E-state index in [0.29, 0.717) is 5.89 Å². The molecule has 14 rings (SSSR count). The van der Waals surface area contributed by atoms with Gasteiger partial charge >= 0.3 is 11.9 Å². The van der Waals surface area contributed by atoms with Crippen molar-refractivity contribution in [3.8, 4) is 98.6 Å². The van der Waals surface area contributed by atoms with Crippen LogP contribution in [0.15, 0.2) is 302 Å². The van der Waals surface area contributed by atoms with E-state index in [2.05, 4.69) is 134 Å². The molecule has 12 nitrogen and oxygen atoms in total. The van der Waals surface area contributed by atoms with Gasteiger partial charge in [-0.2, -0.15) is 0 Å². The number of aryl methyl sites for hydroxylation is 3. The van der Waals surface area contributed by atoms with Gasteiger partial charge in [0.1, 0.15) is 27.2 Å². The fourth-order valence-electron chi connectivity index (χ4n) is 9.79. The zero-order chi connectivity index (χ0) is 68.3. The Bertz CT molecular complexity index is 4410. The molecule has 517 valence electrons. The van der Waals surface area contributed by atoms with Gasteiger partial charge in [0.05, 0.1) is 5.76 Å². The second-order valence-corrected chi connectivity index (χ2v) is 23.5. The van der Waals surface area contributed by atoms with Crippen LogP contribution < -0.4 is 0 Å². The SMILES string of the molecule is C.CC(=O)C=C(C)O.Cc1cc(C)c(-c2nc(-c3[c-]cccc3)c(-c3ccccc3)s2)c(C)c1.O=C(O)c1ccccn1.O=C(O)c1ccccn1.[Ir].[Pt].[Pt].[c-]1ccccc1-c1nc(-c2ccccc2)oc1-c1ccccc1.[c-]1ccccc1-c1nc(-c2ccccc2)sc1-c1ccccc1. The van der Waals surface area contributed by atoms with Gasteiger partial charge < -0.3 is 19.7 Å². The van der Waals surface area contributed by atoms with E-state index in [1.807, 2.05) is 152 Å². The molecule has 5 heterocycles. The van der Waals surface area contributed by atoms with E-state index in [1.165, 1.54) is 87.6 Å². The molecule has 0 aliphatic carbocycles. The van der Waals surface area contributed by atoms with E-state index >= 15 is 0 Å². The van der Waals surface area contributed by atoms with Crippen molar-refractivity contribution in [2.24, 2.45) is 0 Å². The van der Waals surface area contributed by atoms with Crippen molar-refractivity contribution in [1.82, 2.24) is 24.9 Å². The van der Waals surface area contributed by atoms with Gasteiger partial charge in [0.25, 0.3) is 0 Å². The molecule has 0 aliphatic rings. The summed E-state index contributed by atoms with van der Waals surface area (Å²) >= 11 is 3.49. The first-order valence-corrected chi connectivity index (χ1v) is 32.3. The number of oxazole rings is 1. The molecule has 0 saturated heterocycles. The first kappa shape index (κ1) is 81.6. The Labute approximate surface area is 640 Å². The molecule has 14 aromatic rings. The van der Waals surface area contributed by atoms with Crippen LogP contribution in [0.2, 0.25) is 0 Å². The van der Waals surface area contributed by atoms with Gasteiger partial charge in [-0.15, -0.1) is 130 Å². The quantitative estimate of drug-likeness (QED) is 0.0597. The van der Waals surface area contributed by atoms with Gasteiger partial charge in [-0.25, -0.2) is 19.6 Å². The topological polar surface area (TPSA) is 189 Å². The monoisotopic (exact) mass is 1910 g/mol. The van der Waals surface area contributed by atoms with Gasteiger partial charge in [-0.1, -0.05) is 177 Å². The fraction of sp³-hybridized carbons (Fsp3) is 0.0714. The number of aromatic nitrogens is 5. The molecule has 3 N–H and O–H groups in total. The van der Waals surface area contributed by atoms with Crippen LogP contribution >= 0.6 is 22.7 Å². The van der Waals surface area contributed by atoms with Crippen molar-refractivity contribution in [3.05, 3.63) is 343 Å². The number of pyridine rings is 2. The zero-order valence-electron chi connectivity index (χ0n) is 54.7. The molecular formula is C84H70IrN5O7Pt2S2-3. The predicted octanol–water partition coefficient (Wildman–Crippen LogP) is 21.5. The number of rotatable bonds is 12. The average Bonchev–Trinajstić information content (AvgIpc) is 1.67. The number of nitrogens with zero attached hydrogens (tertiary/aromatic N) is 5. The van der Waals surface area contributed by atoms with Gasteiger partial charge in [-0.05, 0) is 93.3 Å². The first-order chi connectivity index (χ1) is 47.2. The van der Waals surface area contributed by atoms with Gasteiger partial charge in [0, 0.05) is 130 Å². The summed E-state index contributed by atoms with van der Waals surface area (Å²) in [6, 6.07) is 99.0. The standard InChI is InChI=1S/C24H20NS.C21H14NO.C21H14NS.2C6H5NO2.C5H8O2.CH4.Ir.2Pt/c1-16-14-17(2)21(18(3)15-16)24-25-22(19-10-6-4-7-11-19)23(26-24)20-12-8-5-9-13-20;2*1-4-10-16(11-5-1)19-20(17-12-6-2-7-13-17)23-21(22-19)18-14-8-3-9-15-18;2*8-6(9)5-3-1-2-4-7-5;1-4(6)3-5(2)7;;;;/h4-10,12-15H,1-3H3;2*1-10,12-15H;2*1-4H,(H,8,9);3,6H,1-2H3;1H4;;;/q3*-1;;;;;;;. The maximum absolute atomic E-state index is 10.1. The molecule has 1 radical (unpaired) electrons. The number of thiazole rings is 2. The number of hydrogen-bond donors (Lipinski definition) is 3. The summed E-state index contributed by atoms with van der Waals surface area (Å²) in [5.41, 5.74) is 16.6.